The second-order valence-corrected chi connectivity index (χ2v) is 10.6. The van der Waals surface area contributed by atoms with Crippen molar-refractivity contribution in [2.45, 2.75) is 4.90 Å². The van der Waals surface area contributed by atoms with Crippen LogP contribution < -0.4 is 10.0 Å². The molecule has 0 unspecified atom stereocenters. The van der Waals surface area contributed by atoms with E-state index >= 15 is 0 Å². The van der Waals surface area contributed by atoms with E-state index in [2.05, 4.69) is 15.0 Å². The van der Waals surface area contributed by atoms with Gasteiger partial charge in [0.2, 0.25) is 0 Å². The van der Waals surface area contributed by atoms with Gasteiger partial charge in [0.05, 0.1) is 10.6 Å². The van der Waals surface area contributed by atoms with Gasteiger partial charge in [-0.2, -0.15) is 0 Å². The molecule has 2 N–H and O–H groups in total. The Kier molecular flexibility index (Phi) is 6.25. The summed E-state index contributed by atoms with van der Waals surface area (Å²) in [6.07, 6.45) is 0. The number of amides is 1. The molecule has 0 saturated heterocycles. The summed E-state index contributed by atoms with van der Waals surface area (Å²) in [5.41, 5.74) is 2.50. The van der Waals surface area contributed by atoms with Gasteiger partial charge < -0.3 is 0 Å². The molecule has 0 radical (unpaired) electrons. The first-order chi connectivity index (χ1) is 16.9. The third-order valence-corrected chi connectivity index (χ3v) is 7.72. The molecule has 5 aromatic rings. The van der Waals surface area contributed by atoms with Crippen molar-refractivity contribution in [2.75, 3.05) is 10.0 Å². The number of rotatable bonds is 6. The zero-order valence-corrected chi connectivity index (χ0v) is 20.5. The number of halogens is 1. The minimum absolute atomic E-state index is 0.0921. The van der Waals surface area contributed by atoms with Crippen LogP contribution in [-0.4, -0.2) is 19.3 Å². The third-order valence-electron chi connectivity index (χ3n) is 5.31. The fourth-order valence-electron chi connectivity index (χ4n) is 3.59. The van der Waals surface area contributed by atoms with Gasteiger partial charge in [-0.15, -0.1) is 11.3 Å². The monoisotopic (exact) mass is 519 g/mol. The van der Waals surface area contributed by atoms with Gasteiger partial charge in [-0.25, -0.2) is 13.4 Å². The summed E-state index contributed by atoms with van der Waals surface area (Å²) in [6, 6.07) is 26.1. The Balaban J connectivity index is 1.29. The number of hydrogen-bond donors (Lipinski definition) is 2. The fourth-order valence-corrected chi connectivity index (χ4v) is 5.48. The maximum Gasteiger partial charge on any atom is 0.261 e. The highest BCUT2D eigenvalue weighted by molar-refractivity contribution is 7.92. The van der Waals surface area contributed by atoms with Crippen LogP contribution in [0.25, 0.3) is 22.0 Å². The molecule has 4 aromatic carbocycles. The minimum Gasteiger partial charge on any atom is -0.298 e. The second kappa shape index (κ2) is 9.50. The highest BCUT2D eigenvalue weighted by Gasteiger charge is 2.15. The maximum atomic E-state index is 12.7. The zero-order valence-electron chi connectivity index (χ0n) is 18.1. The van der Waals surface area contributed by atoms with E-state index in [1.54, 1.807) is 12.1 Å². The van der Waals surface area contributed by atoms with E-state index < -0.39 is 10.0 Å². The van der Waals surface area contributed by atoms with Gasteiger partial charge in [-0.3, -0.25) is 14.8 Å². The Labute approximate surface area is 211 Å². The van der Waals surface area contributed by atoms with Crippen molar-refractivity contribution in [1.82, 2.24) is 4.98 Å². The average molecular weight is 520 g/mol. The van der Waals surface area contributed by atoms with Crippen LogP contribution in [0.5, 0.6) is 0 Å². The van der Waals surface area contributed by atoms with Crippen LogP contribution in [-0.2, 0) is 10.0 Å². The minimum atomic E-state index is -3.77. The summed E-state index contributed by atoms with van der Waals surface area (Å²) >= 11 is 7.17. The standard InChI is InChI=1S/C26H18ClN3O3S2/c27-19-10-14-21(15-11-19)35(32,33)30-20-12-8-18(9-13-20)25(31)29-26-28-24(16-34-26)23-7-3-5-17-4-1-2-6-22(17)23/h1-16,30H,(H,28,29,31). The van der Waals surface area contributed by atoms with Crippen LogP contribution in [0.2, 0.25) is 5.02 Å². The predicted molar refractivity (Wildman–Crippen MR) is 142 cm³/mol. The number of carbonyl (C=O) groups excluding carboxylic acids is 1. The summed E-state index contributed by atoms with van der Waals surface area (Å²) in [5.74, 6) is -0.337. The molecule has 0 aliphatic rings. The number of carbonyl (C=O) groups is 1. The van der Waals surface area contributed by atoms with Gasteiger partial charge in [0.15, 0.2) is 5.13 Å². The molecule has 0 saturated carbocycles. The van der Waals surface area contributed by atoms with Crippen molar-refractivity contribution < 1.29 is 13.2 Å². The Bertz CT molecular complexity index is 1630. The van der Waals surface area contributed by atoms with Gasteiger partial charge in [0.25, 0.3) is 15.9 Å². The second-order valence-electron chi connectivity index (χ2n) is 7.66. The number of nitrogens with zero attached hydrogens (tertiary/aromatic N) is 1. The van der Waals surface area contributed by atoms with Crippen LogP contribution in [0, 0.1) is 0 Å². The summed E-state index contributed by atoms with van der Waals surface area (Å²) in [6.45, 7) is 0. The van der Waals surface area contributed by atoms with E-state index in [-0.39, 0.29) is 10.8 Å². The first kappa shape index (κ1) is 23.0. The molecule has 0 aliphatic heterocycles. The lowest BCUT2D eigenvalue weighted by Gasteiger charge is -2.09. The molecule has 1 heterocycles. The number of thiazole rings is 1. The highest BCUT2D eigenvalue weighted by atomic mass is 35.5. The number of nitrogens with one attached hydrogen (secondary N) is 2. The molecule has 0 spiro atoms. The molecule has 0 fully saturated rings. The number of sulfonamides is 1. The molecule has 5 rings (SSSR count). The Morgan fingerprint density at radius 1 is 0.857 bits per heavy atom. The average Bonchev–Trinajstić information content (AvgIpc) is 3.32. The fraction of sp³-hybridized carbons (Fsp3) is 0. The van der Waals surface area contributed by atoms with Gasteiger partial charge in [-0.1, -0.05) is 54.1 Å². The van der Waals surface area contributed by atoms with E-state index in [9.17, 15) is 13.2 Å². The molecule has 1 amide bonds. The van der Waals surface area contributed by atoms with E-state index in [0.717, 1.165) is 22.0 Å². The zero-order chi connectivity index (χ0) is 24.4. The normalized spacial score (nSPS) is 11.3. The molecular weight excluding hydrogens is 502 g/mol. The molecule has 1 aromatic heterocycles. The van der Waals surface area contributed by atoms with Gasteiger partial charge in [0, 0.05) is 27.2 Å². The highest BCUT2D eigenvalue weighted by Crippen LogP contribution is 2.31. The summed E-state index contributed by atoms with van der Waals surface area (Å²) in [4.78, 5) is 17.4. The van der Waals surface area contributed by atoms with Crippen molar-refractivity contribution >= 4 is 60.5 Å². The molecule has 35 heavy (non-hydrogen) atoms. The molecule has 0 bridgehead atoms. The van der Waals surface area contributed by atoms with E-state index in [0.29, 0.717) is 21.4 Å². The van der Waals surface area contributed by atoms with Crippen LogP contribution in [0.15, 0.2) is 101 Å². The van der Waals surface area contributed by atoms with E-state index in [1.165, 1.54) is 47.7 Å². The molecule has 0 aliphatic carbocycles. The van der Waals surface area contributed by atoms with Gasteiger partial charge in [-0.05, 0) is 59.3 Å². The first-order valence-electron chi connectivity index (χ1n) is 10.5. The topological polar surface area (TPSA) is 88.2 Å². The third kappa shape index (κ3) is 5.05. The number of aromatic nitrogens is 1. The smallest absolute Gasteiger partial charge is 0.261 e. The van der Waals surface area contributed by atoms with Gasteiger partial charge >= 0.3 is 0 Å². The van der Waals surface area contributed by atoms with Crippen molar-refractivity contribution in [1.29, 1.82) is 0 Å². The SMILES string of the molecule is O=C(Nc1nc(-c2cccc3ccccc23)cs1)c1ccc(NS(=O)(=O)c2ccc(Cl)cc2)cc1. The van der Waals surface area contributed by atoms with Crippen molar-refractivity contribution in [3.8, 4) is 11.3 Å². The summed E-state index contributed by atoms with van der Waals surface area (Å²) < 4.78 is 27.6. The molecule has 0 atom stereocenters. The molecule has 174 valence electrons. The predicted octanol–water partition coefficient (Wildman–Crippen LogP) is 6.67. The quantitative estimate of drug-likeness (QED) is 0.262. The first-order valence-corrected chi connectivity index (χ1v) is 13.3. The van der Waals surface area contributed by atoms with Crippen LogP contribution in [0.1, 0.15) is 10.4 Å². The van der Waals surface area contributed by atoms with Crippen LogP contribution >= 0.6 is 22.9 Å². The lowest BCUT2D eigenvalue weighted by atomic mass is 10.0. The number of benzene rings is 4. The Morgan fingerprint density at radius 3 is 2.34 bits per heavy atom. The lowest BCUT2D eigenvalue weighted by molar-refractivity contribution is 0.102. The Morgan fingerprint density at radius 2 is 1.57 bits per heavy atom. The number of hydrogen-bond acceptors (Lipinski definition) is 5. The van der Waals surface area contributed by atoms with E-state index in [4.69, 9.17) is 11.6 Å². The Hall–Kier alpha value is -3.72. The van der Waals surface area contributed by atoms with Crippen molar-refractivity contribution in [2.24, 2.45) is 0 Å². The summed E-state index contributed by atoms with van der Waals surface area (Å²) in [5, 5.41) is 7.86. The number of fused-ring (bicyclic) bond motifs is 1. The molecule has 6 nitrogen and oxygen atoms in total. The molecular formula is C26H18ClN3O3S2. The maximum absolute atomic E-state index is 12.7. The number of anilines is 2. The van der Waals surface area contributed by atoms with Crippen LogP contribution in [0.4, 0.5) is 10.8 Å². The largest absolute Gasteiger partial charge is 0.298 e. The van der Waals surface area contributed by atoms with Gasteiger partial charge in [0.1, 0.15) is 0 Å². The van der Waals surface area contributed by atoms with Crippen molar-refractivity contribution in [3.05, 3.63) is 107 Å². The lowest BCUT2D eigenvalue weighted by Crippen LogP contribution is -2.14. The molecule has 9 heteroatoms. The summed E-state index contributed by atoms with van der Waals surface area (Å²) in [7, 11) is -3.77. The van der Waals surface area contributed by atoms with E-state index in [1.807, 2.05) is 47.8 Å². The van der Waals surface area contributed by atoms with Crippen LogP contribution in [0.3, 0.4) is 0 Å². The van der Waals surface area contributed by atoms with Crippen molar-refractivity contribution in [3.63, 3.8) is 0 Å².